The van der Waals surface area contributed by atoms with Gasteiger partial charge in [0.2, 0.25) is 5.65 Å². The van der Waals surface area contributed by atoms with Crippen LogP contribution in [0.15, 0.2) is 43.6 Å². The van der Waals surface area contributed by atoms with Gasteiger partial charge in [-0.05, 0) is 13.3 Å². The van der Waals surface area contributed by atoms with Crippen LogP contribution in [-0.2, 0) is 0 Å². The second kappa shape index (κ2) is 5.66. The Hall–Kier alpha value is -2.83. The molecule has 0 aromatic carbocycles. The minimum atomic E-state index is 0.220. The molecule has 0 fully saturated rings. The topological polar surface area (TPSA) is 80.9 Å². The monoisotopic (exact) mass is 281 g/mol. The average molecular weight is 281 g/mol. The van der Waals surface area contributed by atoms with Crippen molar-refractivity contribution in [3.05, 3.63) is 43.6 Å². The molecule has 0 radical (unpaired) electrons. The molecule has 1 N–H and O–H groups in total. The van der Waals surface area contributed by atoms with Crippen molar-refractivity contribution in [2.75, 3.05) is 5.32 Å². The van der Waals surface area contributed by atoms with Crippen LogP contribution in [0.3, 0.4) is 0 Å². The Morgan fingerprint density at radius 1 is 1.29 bits per heavy atom. The van der Waals surface area contributed by atoms with Crippen LogP contribution in [0.1, 0.15) is 13.3 Å². The van der Waals surface area contributed by atoms with Crippen LogP contribution in [0.2, 0.25) is 0 Å². The summed E-state index contributed by atoms with van der Waals surface area (Å²) >= 11 is 0. The normalized spacial score (nSPS) is 12.2. The first kappa shape index (κ1) is 13.2. The molecule has 21 heavy (non-hydrogen) atoms. The quantitative estimate of drug-likeness (QED) is 0.720. The zero-order chi connectivity index (χ0) is 14.7. The van der Waals surface area contributed by atoms with Gasteiger partial charge in [0.25, 0.3) is 0 Å². The molecule has 0 aliphatic heterocycles. The number of fused-ring (bicyclic) bond motifs is 1. The number of aromatic nitrogens is 6. The first-order valence-corrected chi connectivity index (χ1v) is 6.63. The van der Waals surface area contributed by atoms with Crippen molar-refractivity contribution in [3.63, 3.8) is 0 Å². The lowest BCUT2D eigenvalue weighted by molar-refractivity contribution is 0.806. The van der Waals surface area contributed by atoms with E-state index in [0.29, 0.717) is 23.0 Å². The number of anilines is 1. The van der Waals surface area contributed by atoms with Gasteiger partial charge in [0.1, 0.15) is 5.69 Å². The van der Waals surface area contributed by atoms with E-state index in [1.54, 1.807) is 24.8 Å². The third-order valence-electron chi connectivity index (χ3n) is 3.02. The predicted molar refractivity (Wildman–Crippen MR) is 79.7 cm³/mol. The summed E-state index contributed by atoms with van der Waals surface area (Å²) in [5, 5.41) is 11.7. The van der Waals surface area contributed by atoms with Crippen LogP contribution < -0.4 is 5.32 Å². The van der Waals surface area contributed by atoms with E-state index < -0.39 is 0 Å². The molecule has 7 nitrogen and oxygen atoms in total. The molecular weight excluding hydrogens is 266 g/mol. The van der Waals surface area contributed by atoms with Gasteiger partial charge in [0, 0.05) is 30.8 Å². The molecule has 106 valence electrons. The number of nitrogens with one attached hydrogen (secondary N) is 1. The van der Waals surface area contributed by atoms with E-state index in [-0.39, 0.29) is 6.04 Å². The van der Waals surface area contributed by atoms with Gasteiger partial charge >= 0.3 is 0 Å². The van der Waals surface area contributed by atoms with Crippen LogP contribution in [0.25, 0.3) is 17.2 Å². The van der Waals surface area contributed by atoms with Crippen LogP contribution in [0.4, 0.5) is 5.82 Å². The summed E-state index contributed by atoms with van der Waals surface area (Å²) in [7, 11) is 0. The highest BCUT2D eigenvalue weighted by molar-refractivity contribution is 5.66. The van der Waals surface area contributed by atoms with E-state index >= 15 is 0 Å². The standard InChI is InChI=1S/C14H15N7/c1-3-4-10(2)18-12-14-20-19-13(21(14)8-7-17-12)11-9-15-5-6-16-11/h3,5-10H,1,4H2,2H3,(H,17,18). The maximum absolute atomic E-state index is 4.33. The molecule has 7 heteroatoms. The number of hydrogen-bond donors (Lipinski definition) is 1. The van der Waals surface area contributed by atoms with E-state index in [4.69, 9.17) is 0 Å². The van der Waals surface area contributed by atoms with Gasteiger partial charge < -0.3 is 5.32 Å². The van der Waals surface area contributed by atoms with Gasteiger partial charge in [-0.3, -0.25) is 9.38 Å². The molecule has 0 saturated heterocycles. The highest BCUT2D eigenvalue weighted by Crippen LogP contribution is 2.19. The summed E-state index contributed by atoms with van der Waals surface area (Å²) in [6, 6.07) is 0.220. The van der Waals surface area contributed by atoms with Crippen molar-refractivity contribution in [3.8, 4) is 11.5 Å². The molecule has 3 aromatic rings. The van der Waals surface area contributed by atoms with E-state index in [0.717, 1.165) is 6.42 Å². The van der Waals surface area contributed by atoms with Gasteiger partial charge in [-0.25, -0.2) is 9.97 Å². The summed E-state index contributed by atoms with van der Waals surface area (Å²) in [6.45, 7) is 5.80. The van der Waals surface area contributed by atoms with Crippen molar-refractivity contribution in [1.82, 2.24) is 29.5 Å². The molecule has 1 unspecified atom stereocenters. The minimum Gasteiger partial charge on any atom is -0.364 e. The molecule has 3 aromatic heterocycles. The van der Waals surface area contributed by atoms with Gasteiger partial charge in [-0.15, -0.1) is 16.8 Å². The maximum Gasteiger partial charge on any atom is 0.203 e. The molecule has 0 aliphatic rings. The largest absolute Gasteiger partial charge is 0.364 e. The Morgan fingerprint density at radius 3 is 2.95 bits per heavy atom. The summed E-state index contributed by atoms with van der Waals surface area (Å²) < 4.78 is 1.85. The Balaban J connectivity index is 2.02. The van der Waals surface area contributed by atoms with Gasteiger partial charge in [0.15, 0.2) is 11.6 Å². The molecule has 0 amide bonds. The Labute approximate surface area is 121 Å². The third kappa shape index (κ3) is 2.58. The van der Waals surface area contributed by atoms with Gasteiger partial charge in [-0.1, -0.05) is 6.08 Å². The minimum absolute atomic E-state index is 0.220. The molecule has 0 bridgehead atoms. The van der Waals surface area contributed by atoms with Crippen molar-refractivity contribution in [1.29, 1.82) is 0 Å². The molecule has 0 spiro atoms. The van der Waals surface area contributed by atoms with Crippen molar-refractivity contribution in [2.45, 2.75) is 19.4 Å². The Kier molecular flexibility index (Phi) is 3.55. The molecule has 0 saturated carbocycles. The fourth-order valence-corrected chi connectivity index (χ4v) is 2.06. The Bertz CT molecular complexity index is 750. The van der Waals surface area contributed by atoms with Crippen molar-refractivity contribution >= 4 is 11.5 Å². The molecule has 3 rings (SSSR count). The summed E-state index contributed by atoms with van der Waals surface area (Å²) in [5.41, 5.74) is 1.33. The van der Waals surface area contributed by atoms with Crippen molar-refractivity contribution < 1.29 is 0 Å². The summed E-state index contributed by atoms with van der Waals surface area (Å²) in [4.78, 5) is 12.6. The SMILES string of the molecule is C=CCC(C)Nc1nccn2c(-c3cnccn3)nnc12. The fraction of sp³-hybridized carbons (Fsp3) is 0.214. The van der Waals surface area contributed by atoms with E-state index in [9.17, 15) is 0 Å². The van der Waals surface area contributed by atoms with Crippen LogP contribution in [0.5, 0.6) is 0 Å². The van der Waals surface area contributed by atoms with Gasteiger partial charge in [0.05, 0.1) is 6.20 Å². The highest BCUT2D eigenvalue weighted by Gasteiger charge is 2.13. The van der Waals surface area contributed by atoms with E-state index in [1.807, 2.05) is 16.7 Å². The van der Waals surface area contributed by atoms with Crippen molar-refractivity contribution in [2.24, 2.45) is 0 Å². The second-order valence-corrected chi connectivity index (χ2v) is 4.65. The number of rotatable bonds is 5. The summed E-state index contributed by atoms with van der Waals surface area (Å²) in [5.74, 6) is 1.33. The molecule has 1 atom stereocenters. The zero-order valence-electron chi connectivity index (χ0n) is 11.6. The fourth-order valence-electron chi connectivity index (χ4n) is 2.06. The van der Waals surface area contributed by atoms with E-state index in [1.165, 1.54) is 0 Å². The smallest absolute Gasteiger partial charge is 0.203 e. The zero-order valence-corrected chi connectivity index (χ0v) is 11.6. The Morgan fingerprint density at radius 2 is 2.19 bits per heavy atom. The number of hydrogen-bond acceptors (Lipinski definition) is 6. The van der Waals surface area contributed by atoms with E-state index in [2.05, 4.69) is 44.0 Å². The van der Waals surface area contributed by atoms with Crippen LogP contribution >= 0.6 is 0 Å². The molecule has 0 aliphatic carbocycles. The second-order valence-electron chi connectivity index (χ2n) is 4.65. The molecular formula is C14H15N7. The predicted octanol–water partition coefficient (Wildman–Crippen LogP) is 1.96. The highest BCUT2D eigenvalue weighted by atomic mass is 15.3. The number of nitrogens with zero attached hydrogens (tertiary/aromatic N) is 6. The first-order valence-electron chi connectivity index (χ1n) is 6.63. The summed E-state index contributed by atoms with van der Waals surface area (Å²) in [6.07, 6.45) is 11.1. The lowest BCUT2D eigenvalue weighted by atomic mass is 10.2. The van der Waals surface area contributed by atoms with Crippen LogP contribution in [-0.4, -0.2) is 35.6 Å². The third-order valence-corrected chi connectivity index (χ3v) is 3.02. The van der Waals surface area contributed by atoms with Gasteiger partial charge in [-0.2, -0.15) is 0 Å². The van der Waals surface area contributed by atoms with Crippen LogP contribution in [0, 0.1) is 0 Å². The molecule has 3 heterocycles. The maximum atomic E-state index is 4.33. The average Bonchev–Trinajstić information content (AvgIpc) is 2.93. The lowest BCUT2D eigenvalue weighted by Gasteiger charge is -2.12. The first-order chi connectivity index (χ1) is 10.3. The lowest BCUT2D eigenvalue weighted by Crippen LogP contribution is -2.15.